The van der Waals surface area contributed by atoms with E-state index in [1.807, 2.05) is 64.1 Å². The second-order valence-corrected chi connectivity index (χ2v) is 8.24. The molecule has 0 aliphatic carbocycles. The maximum atomic E-state index is 13.2. The van der Waals surface area contributed by atoms with Crippen molar-refractivity contribution >= 4 is 5.91 Å². The van der Waals surface area contributed by atoms with Crippen LogP contribution >= 0.6 is 0 Å². The predicted molar refractivity (Wildman–Crippen MR) is 122 cm³/mol. The Hall–Kier alpha value is -3.74. The zero-order chi connectivity index (χ0) is 22.7. The number of pyridine rings is 1. The van der Waals surface area contributed by atoms with Crippen LogP contribution in [-0.2, 0) is 6.54 Å². The highest BCUT2D eigenvalue weighted by atomic mass is 16.5. The first-order valence-corrected chi connectivity index (χ1v) is 10.7. The number of nitrogens with zero attached hydrogens (tertiary/aromatic N) is 4. The lowest BCUT2D eigenvalue weighted by atomic mass is 10.0. The van der Waals surface area contributed by atoms with Crippen molar-refractivity contribution in [2.45, 2.75) is 40.3 Å². The fraction of sp³-hybridized carbons (Fsp3) is 0.280. The molecule has 0 fully saturated rings. The van der Waals surface area contributed by atoms with Gasteiger partial charge in [-0.1, -0.05) is 49.3 Å². The van der Waals surface area contributed by atoms with Crippen LogP contribution in [0, 0.1) is 19.8 Å². The van der Waals surface area contributed by atoms with Gasteiger partial charge in [0, 0.05) is 35.9 Å². The molecule has 0 aliphatic heterocycles. The van der Waals surface area contributed by atoms with Crippen molar-refractivity contribution in [1.29, 1.82) is 0 Å². The van der Waals surface area contributed by atoms with Gasteiger partial charge < -0.3 is 14.4 Å². The molecular weight excluding hydrogens is 402 g/mol. The standard InChI is InChI=1S/C25H27N5O2/c1-16(2)22(25-28-23(29-32-25)20-10-12-26-13-11-20)27-24(31)21-14-17(3)30(18(21)4)15-19-8-6-5-7-9-19/h5-14,16,22H,15H2,1-4H3,(H,27,31). The average Bonchev–Trinajstić information content (AvgIpc) is 3.39. The zero-order valence-corrected chi connectivity index (χ0v) is 18.7. The van der Waals surface area contributed by atoms with E-state index < -0.39 is 6.04 Å². The smallest absolute Gasteiger partial charge is 0.253 e. The molecule has 7 nitrogen and oxygen atoms in total. The first-order chi connectivity index (χ1) is 15.4. The minimum absolute atomic E-state index is 0.0671. The SMILES string of the molecule is Cc1cc(C(=O)NC(c2nc(-c3ccncc3)no2)C(C)C)c(C)n1Cc1ccccc1. The minimum Gasteiger partial charge on any atom is -0.344 e. The summed E-state index contributed by atoms with van der Waals surface area (Å²) in [6, 6.07) is 15.4. The Kier molecular flexibility index (Phi) is 6.16. The number of aromatic nitrogens is 4. The van der Waals surface area contributed by atoms with E-state index in [9.17, 15) is 4.79 Å². The number of benzene rings is 1. The number of hydrogen-bond acceptors (Lipinski definition) is 5. The van der Waals surface area contributed by atoms with Crippen LogP contribution in [0.1, 0.15) is 53.1 Å². The molecule has 3 aromatic heterocycles. The summed E-state index contributed by atoms with van der Waals surface area (Å²) in [5, 5.41) is 7.18. The van der Waals surface area contributed by atoms with Gasteiger partial charge in [-0.2, -0.15) is 4.98 Å². The average molecular weight is 430 g/mol. The van der Waals surface area contributed by atoms with Crippen LogP contribution in [0.5, 0.6) is 0 Å². The second kappa shape index (κ2) is 9.18. The van der Waals surface area contributed by atoms with Crippen molar-refractivity contribution in [3.8, 4) is 11.4 Å². The number of carbonyl (C=O) groups is 1. The molecule has 1 amide bonds. The van der Waals surface area contributed by atoms with Gasteiger partial charge in [-0.15, -0.1) is 0 Å². The Bertz CT molecular complexity index is 1200. The molecule has 4 aromatic rings. The highest BCUT2D eigenvalue weighted by Gasteiger charge is 2.27. The molecule has 0 spiro atoms. The Morgan fingerprint density at radius 3 is 2.50 bits per heavy atom. The third-order valence-corrected chi connectivity index (χ3v) is 5.60. The Labute approximate surface area is 187 Å². The molecule has 3 heterocycles. The summed E-state index contributed by atoms with van der Waals surface area (Å²) < 4.78 is 7.67. The van der Waals surface area contributed by atoms with Crippen LogP contribution in [0.25, 0.3) is 11.4 Å². The highest BCUT2D eigenvalue weighted by Crippen LogP contribution is 2.25. The molecular formula is C25H27N5O2. The van der Waals surface area contributed by atoms with Crippen LogP contribution < -0.4 is 5.32 Å². The number of aryl methyl sites for hydroxylation is 1. The maximum absolute atomic E-state index is 13.2. The molecule has 4 rings (SSSR count). The number of amides is 1. The van der Waals surface area contributed by atoms with E-state index in [4.69, 9.17) is 4.52 Å². The number of hydrogen-bond donors (Lipinski definition) is 1. The van der Waals surface area contributed by atoms with Crippen LogP contribution in [0.2, 0.25) is 0 Å². The van der Waals surface area contributed by atoms with Gasteiger partial charge in [0.15, 0.2) is 0 Å². The fourth-order valence-corrected chi connectivity index (χ4v) is 3.75. The van der Waals surface area contributed by atoms with E-state index in [2.05, 4.69) is 37.1 Å². The zero-order valence-electron chi connectivity index (χ0n) is 18.7. The lowest BCUT2D eigenvalue weighted by Crippen LogP contribution is -2.32. The van der Waals surface area contributed by atoms with Gasteiger partial charge in [-0.05, 0) is 43.5 Å². The van der Waals surface area contributed by atoms with Gasteiger partial charge in [0.2, 0.25) is 11.7 Å². The number of rotatable bonds is 7. The van der Waals surface area contributed by atoms with Crippen LogP contribution in [0.3, 0.4) is 0 Å². The van der Waals surface area contributed by atoms with Gasteiger partial charge in [-0.25, -0.2) is 0 Å². The van der Waals surface area contributed by atoms with Crippen LogP contribution in [-0.4, -0.2) is 25.6 Å². The third kappa shape index (κ3) is 4.46. The first kappa shape index (κ1) is 21.5. The lowest BCUT2D eigenvalue weighted by molar-refractivity contribution is 0.0913. The molecule has 1 atom stereocenters. The molecule has 0 saturated carbocycles. The molecule has 1 aromatic carbocycles. The number of nitrogens with one attached hydrogen (secondary N) is 1. The van der Waals surface area contributed by atoms with Gasteiger partial charge in [0.1, 0.15) is 6.04 Å². The van der Waals surface area contributed by atoms with Crippen molar-refractivity contribution in [3.05, 3.63) is 89.3 Å². The van der Waals surface area contributed by atoms with Gasteiger partial charge in [0.25, 0.3) is 5.91 Å². The largest absolute Gasteiger partial charge is 0.344 e. The summed E-state index contributed by atoms with van der Waals surface area (Å²) in [5.41, 5.74) is 4.62. The fourth-order valence-electron chi connectivity index (χ4n) is 3.75. The summed E-state index contributed by atoms with van der Waals surface area (Å²) in [7, 11) is 0. The molecule has 1 unspecified atom stereocenters. The molecule has 0 radical (unpaired) electrons. The molecule has 7 heteroatoms. The molecule has 1 N–H and O–H groups in total. The molecule has 32 heavy (non-hydrogen) atoms. The Morgan fingerprint density at radius 1 is 1.09 bits per heavy atom. The van der Waals surface area contributed by atoms with E-state index >= 15 is 0 Å². The first-order valence-electron chi connectivity index (χ1n) is 10.7. The number of carbonyl (C=O) groups excluding carboxylic acids is 1. The minimum atomic E-state index is -0.400. The quantitative estimate of drug-likeness (QED) is 0.459. The molecule has 0 bridgehead atoms. The van der Waals surface area contributed by atoms with Gasteiger partial charge >= 0.3 is 0 Å². The topological polar surface area (TPSA) is 85.8 Å². The van der Waals surface area contributed by atoms with Crippen LogP contribution in [0.15, 0.2) is 65.4 Å². The summed E-state index contributed by atoms with van der Waals surface area (Å²) in [5.74, 6) is 0.777. The molecule has 0 saturated heterocycles. The van der Waals surface area contributed by atoms with E-state index in [1.54, 1.807) is 12.4 Å². The predicted octanol–water partition coefficient (Wildman–Crippen LogP) is 4.73. The monoisotopic (exact) mass is 429 g/mol. The second-order valence-electron chi connectivity index (χ2n) is 8.24. The van der Waals surface area contributed by atoms with Crippen molar-refractivity contribution in [1.82, 2.24) is 25.0 Å². The van der Waals surface area contributed by atoms with Crippen molar-refractivity contribution < 1.29 is 9.32 Å². The third-order valence-electron chi connectivity index (χ3n) is 5.60. The van der Waals surface area contributed by atoms with Crippen molar-refractivity contribution in [2.75, 3.05) is 0 Å². The Morgan fingerprint density at radius 2 is 1.81 bits per heavy atom. The summed E-state index contributed by atoms with van der Waals surface area (Å²) in [6.45, 7) is 8.74. The van der Waals surface area contributed by atoms with Crippen molar-refractivity contribution in [3.63, 3.8) is 0 Å². The summed E-state index contributed by atoms with van der Waals surface area (Å²) in [6.07, 6.45) is 3.36. The Balaban J connectivity index is 1.55. The van der Waals surface area contributed by atoms with Gasteiger partial charge in [0.05, 0.1) is 5.56 Å². The van der Waals surface area contributed by atoms with E-state index in [0.717, 1.165) is 23.5 Å². The van der Waals surface area contributed by atoms with Crippen molar-refractivity contribution in [2.24, 2.45) is 5.92 Å². The van der Waals surface area contributed by atoms with Crippen LogP contribution in [0.4, 0.5) is 0 Å². The molecule has 164 valence electrons. The highest BCUT2D eigenvalue weighted by molar-refractivity contribution is 5.96. The molecule has 0 aliphatic rings. The normalized spacial score (nSPS) is 12.2. The summed E-state index contributed by atoms with van der Waals surface area (Å²) in [4.78, 5) is 21.8. The maximum Gasteiger partial charge on any atom is 0.253 e. The summed E-state index contributed by atoms with van der Waals surface area (Å²) >= 11 is 0. The van der Waals surface area contributed by atoms with E-state index in [0.29, 0.717) is 17.3 Å². The van der Waals surface area contributed by atoms with E-state index in [-0.39, 0.29) is 11.8 Å². The van der Waals surface area contributed by atoms with Gasteiger partial charge in [-0.3, -0.25) is 9.78 Å². The lowest BCUT2D eigenvalue weighted by Gasteiger charge is -2.18. The van der Waals surface area contributed by atoms with E-state index in [1.165, 1.54) is 5.56 Å².